The molecule has 12 nitrogen and oxygen atoms in total. The van der Waals surface area contributed by atoms with Gasteiger partial charge in [0.05, 0.1) is 52.9 Å². The van der Waals surface area contributed by atoms with Crippen molar-refractivity contribution in [2.75, 3.05) is 26.4 Å². The molecular formula is C68H108NiO12P2. The first kappa shape index (κ1) is 75.9. The van der Waals surface area contributed by atoms with Crippen molar-refractivity contribution >= 4 is 15.6 Å². The number of hydrogen-bond donors (Lipinski definition) is 0. The predicted molar refractivity (Wildman–Crippen MR) is 334 cm³/mol. The summed E-state index contributed by atoms with van der Waals surface area (Å²) in [7, 11) is -9.22. The van der Waals surface area contributed by atoms with E-state index in [1.165, 1.54) is 0 Å². The van der Waals surface area contributed by atoms with E-state index in [1.807, 2.05) is 76.2 Å². The quantitative estimate of drug-likeness (QED) is 0.0611. The third-order valence-corrected chi connectivity index (χ3v) is 15.6. The number of phosphoric acid groups is 2. The molecule has 15 heteroatoms. The number of rotatable bonds is 20. The number of hydrogen-bond acceptors (Lipinski definition) is 12. The van der Waals surface area contributed by atoms with Crippen LogP contribution in [0.3, 0.4) is 0 Å². The van der Waals surface area contributed by atoms with Crippen LogP contribution in [0.2, 0.25) is 0 Å². The van der Waals surface area contributed by atoms with E-state index in [1.54, 1.807) is 0 Å². The van der Waals surface area contributed by atoms with Crippen LogP contribution in [-0.4, -0.2) is 26.4 Å². The van der Waals surface area contributed by atoms with Gasteiger partial charge in [0.25, 0.3) is 15.6 Å². The Balaban J connectivity index is 0.000000560. The van der Waals surface area contributed by atoms with Gasteiger partial charge in [-0.2, -0.15) is 0 Å². The zero-order valence-electron chi connectivity index (χ0n) is 56.4. The molecule has 4 aromatic carbocycles. The Bertz CT molecular complexity index is 2350. The normalized spacial score (nSPS) is 13.3. The third kappa shape index (κ3) is 22.2. The molecule has 0 aliphatic heterocycles. The van der Waals surface area contributed by atoms with Gasteiger partial charge >= 0.3 is 16.5 Å². The van der Waals surface area contributed by atoms with Crippen molar-refractivity contribution in [1.82, 2.24) is 0 Å². The summed E-state index contributed by atoms with van der Waals surface area (Å²) < 4.78 is 72.2. The molecule has 0 aliphatic rings. The van der Waals surface area contributed by atoms with Crippen molar-refractivity contribution in [3.8, 4) is 23.0 Å². The predicted octanol–water partition coefficient (Wildman–Crippen LogP) is 17.7. The van der Waals surface area contributed by atoms with Crippen molar-refractivity contribution in [2.45, 2.75) is 264 Å². The molecule has 4 rings (SSSR count). The number of phosphoric ester groups is 2. The van der Waals surface area contributed by atoms with Gasteiger partial charge in [-0.1, -0.05) is 166 Å². The van der Waals surface area contributed by atoms with Gasteiger partial charge in [0.15, 0.2) is 0 Å². The molecule has 0 unspecified atom stereocenters. The Morgan fingerprint density at radius 3 is 0.506 bits per heavy atom. The first-order chi connectivity index (χ1) is 37.0. The molecule has 0 spiro atoms. The van der Waals surface area contributed by atoms with Crippen LogP contribution < -0.4 is 28.7 Å². The Morgan fingerprint density at radius 1 is 0.289 bits per heavy atom. The molecule has 4 aromatic rings. The molecule has 0 fully saturated rings. The van der Waals surface area contributed by atoms with E-state index >= 15 is 0 Å². The zero-order chi connectivity index (χ0) is 63.2. The maximum absolute atomic E-state index is 13.0. The van der Waals surface area contributed by atoms with E-state index in [9.17, 15) is 18.9 Å². The van der Waals surface area contributed by atoms with Crippen LogP contribution >= 0.6 is 15.6 Å². The average molecular weight is 1240 g/mol. The second-order valence-electron chi connectivity index (χ2n) is 29.8. The van der Waals surface area contributed by atoms with Crippen molar-refractivity contribution in [2.24, 2.45) is 0 Å². The molecular weight excluding hydrogens is 1130 g/mol. The second kappa shape index (κ2) is 28.7. The first-order valence-electron chi connectivity index (χ1n) is 29.4. The van der Waals surface area contributed by atoms with E-state index in [0.29, 0.717) is 26.4 Å². The van der Waals surface area contributed by atoms with Gasteiger partial charge in [-0.25, -0.2) is 0 Å². The van der Waals surface area contributed by atoms with E-state index in [2.05, 4.69) is 166 Å². The van der Waals surface area contributed by atoms with Crippen molar-refractivity contribution < 1.29 is 72.5 Å². The zero-order valence-corrected chi connectivity index (χ0v) is 59.2. The molecule has 0 bridgehead atoms. The third-order valence-electron chi connectivity index (χ3n) is 13.8. The standard InChI is InChI=1S/2C34H55O6P.Ni/c2*1-15-37-29-25(31(3,4)5)17-23(18-26(29)32(6,7)8)21-39-41(35,36)40-22-24-19-27(33(9,10)11)30(38-16-2)28(20-24)34(12,13)14;/h2*17-20H,15-16,21-22H2,1-14H3,(H,35,36);/q;;+2/p-2. The minimum Gasteiger partial charge on any atom is -0.756 e. The summed E-state index contributed by atoms with van der Waals surface area (Å²) in [6.45, 7) is 60.5. The largest absolute Gasteiger partial charge is 2.00 e. The van der Waals surface area contributed by atoms with Crippen LogP contribution in [0.25, 0.3) is 0 Å². The Labute approximate surface area is 513 Å². The van der Waals surface area contributed by atoms with E-state index in [-0.39, 0.29) is 86.2 Å². The maximum Gasteiger partial charge on any atom is 2.00 e. The molecule has 0 N–H and O–H groups in total. The van der Waals surface area contributed by atoms with Gasteiger partial charge in [0.1, 0.15) is 23.0 Å². The van der Waals surface area contributed by atoms with Gasteiger partial charge < -0.3 is 46.8 Å². The fourth-order valence-electron chi connectivity index (χ4n) is 9.43. The molecule has 0 saturated carbocycles. The summed E-state index contributed by atoms with van der Waals surface area (Å²) in [4.78, 5) is 26.0. The molecule has 0 amide bonds. The SMILES string of the molecule is CCOc1c(C(C)(C)C)cc(COP(=O)([O-])OCc2cc(C(C)(C)C)c(OCC)c(C(C)(C)C)c2)cc1C(C)(C)C.CCOc1c(C(C)(C)C)cc(COP(=O)([O-])OCc2cc(C(C)(C)C)c(OCC)c(C(C)(C)C)c2)cc1C(C)(C)C.[Ni+2]. The molecule has 0 aliphatic carbocycles. The van der Waals surface area contributed by atoms with E-state index in [0.717, 1.165) is 89.8 Å². The van der Waals surface area contributed by atoms with Gasteiger partial charge in [-0.05, 0) is 142 Å². The minimum absolute atomic E-state index is 0. The smallest absolute Gasteiger partial charge is 0.756 e. The fraction of sp³-hybridized carbons (Fsp3) is 0.647. The summed E-state index contributed by atoms with van der Waals surface area (Å²) in [5.41, 5.74) is 9.53. The van der Waals surface area contributed by atoms with Crippen LogP contribution in [0.15, 0.2) is 48.5 Å². The Hall–Kier alpha value is -3.21. The van der Waals surface area contributed by atoms with Crippen LogP contribution in [0, 0.1) is 0 Å². The molecule has 0 atom stereocenters. The average Bonchev–Trinajstić information content (AvgIpc) is 3.30. The fourth-order valence-corrected chi connectivity index (χ4v) is 10.8. The van der Waals surface area contributed by atoms with Crippen molar-refractivity contribution in [1.29, 1.82) is 0 Å². The summed E-state index contributed by atoms with van der Waals surface area (Å²) in [6.07, 6.45) is 0. The molecule has 0 radical (unpaired) electrons. The summed E-state index contributed by atoms with van der Waals surface area (Å²) >= 11 is 0. The van der Waals surface area contributed by atoms with Crippen molar-refractivity contribution in [3.05, 3.63) is 115 Å². The van der Waals surface area contributed by atoms with Gasteiger partial charge in [-0.15, -0.1) is 0 Å². The molecule has 0 saturated heterocycles. The Morgan fingerprint density at radius 2 is 0.410 bits per heavy atom. The van der Waals surface area contributed by atoms with Crippen LogP contribution in [0.4, 0.5) is 0 Å². The topological polar surface area (TPSA) is 154 Å². The maximum atomic E-state index is 13.0. The molecule has 472 valence electrons. The van der Waals surface area contributed by atoms with Gasteiger partial charge in [-0.3, -0.25) is 9.13 Å². The number of ether oxygens (including phenoxy) is 4. The summed E-state index contributed by atoms with van der Waals surface area (Å²) in [5.74, 6) is 3.44. The van der Waals surface area contributed by atoms with Gasteiger partial charge in [0.2, 0.25) is 0 Å². The van der Waals surface area contributed by atoms with Crippen LogP contribution in [-0.2, 0) is 113 Å². The summed E-state index contributed by atoms with van der Waals surface area (Å²) in [5, 5.41) is 0. The van der Waals surface area contributed by atoms with Crippen LogP contribution in [0.5, 0.6) is 23.0 Å². The van der Waals surface area contributed by atoms with Crippen LogP contribution in [0.1, 0.15) is 261 Å². The van der Waals surface area contributed by atoms with Crippen molar-refractivity contribution in [3.63, 3.8) is 0 Å². The molecule has 0 heterocycles. The van der Waals surface area contributed by atoms with E-state index < -0.39 is 15.6 Å². The van der Waals surface area contributed by atoms with E-state index in [4.69, 9.17) is 37.0 Å². The Kier molecular flexibility index (Phi) is 26.3. The monoisotopic (exact) mass is 1240 g/mol. The summed E-state index contributed by atoms with van der Waals surface area (Å²) in [6, 6.07) is 15.9. The molecule has 0 aromatic heterocycles. The second-order valence-corrected chi connectivity index (χ2v) is 32.6. The van der Waals surface area contributed by atoms with Gasteiger partial charge in [0, 0.05) is 44.5 Å². The first-order valence-corrected chi connectivity index (χ1v) is 32.4. The minimum atomic E-state index is -4.61. The molecule has 83 heavy (non-hydrogen) atoms. The number of benzene rings is 4.